The van der Waals surface area contributed by atoms with Crippen LogP contribution in [-0.4, -0.2) is 11.8 Å². The van der Waals surface area contributed by atoms with Gasteiger partial charge in [0.15, 0.2) is 0 Å². The Morgan fingerprint density at radius 3 is 2.52 bits per heavy atom. The van der Waals surface area contributed by atoms with Crippen molar-refractivity contribution in [2.24, 2.45) is 5.92 Å². The largest absolute Gasteiger partial charge is 0.321 e. The van der Waals surface area contributed by atoms with E-state index in [1.807, 2.05) is 6.92 Å². The molecule has 1 aliphatic rings. The maximum atomic E-state index is 13.1. The maximum Gasteiger partial charge on any atom is 0.266 e. The van der Waals surface area contributed by atoms with Gasteiger partial charge in [-0.2, -0.15) is 0 Å². The normalized spacial score (nSPS) is 13.7. The third-order valence-corrected chi connectivity index (χ3v) is 4.91. The Labute approximate surface area is 137 Å². The van der Waals surface area contributed by atoms with Crippen LogP contribution in [0.4, 0.5) is 15.1 Å². The van der Waals surface area contributed by atoms with Crippen LogP contribution < -0.4 is 10.6 Å². The fraction of sp³-hybridized carbons (Fsp3) is 0.294. The summed E-state index contributed by atoms with van der Waals surface area (Å²) in [6, 6.07) is 6.03. The Balaban J connectivity index is 1.73. The molecule has 0 spiro atoms. The van der Waals surface area contributed by atoms with E-state index >= 15 is 0 Å². The number of anilines is 2. The standard InChI is InChI=1S/C17H17FN2O2S/c1-9-7-12(18)5-6-13(9)19-17(22)15-10(2)8-14(23-15)20-16(21)11-3-4-11/h5-8,11H,3-4H2,1-2H3,(H,19,22)(H,20,21). The highest BCUT2D eigenvalue weighted by atomic mass is 32.1. The molecule has 6 heteroatoms. The molecule has 0 atom stereocenters. The van der Waals surface area contributed by atoms with Crippen molar-refractivity contribution < 1.29 is 14.0 Å². The summed E-state index contributed by atoms with van der Waals surface area (Å²) in [5.41, 5.74) is 2.04. The monoisotopic (exact) mass is 332 g/mol. The highest BCUT2D eigenvalue weighted by Crippen LogP contribution is 2.33. The molecule has 1 aromatic heterocycles. The summed E-state index contributed by atoms with van der Waals surface area (Å²) < 4.78 is 13.1. The van der Waals surface area contributed by atoms with Crippen LogP contribution in [0.5, 0.6) is 0 Å². The minimum atomic E-state index is -0.335. The van der Waals surface area contributed by atoms with E-state index in [1.54, 1.807) is 19.1 Å². The number of nitrogens with one attached hydrogen (secondary N) is 2. The Morgan fingerprint density at radius 1 is 1.13 bits per heavy atom. The van der Waals surface area contributed by atoms with Crippen molar-refractivity contribution in [3.05, 3.63) is 46.1 Å². The number of benzene rings is 1. The first-order valence-electron chi connectivity index (χ1n) is 7.43. The maximum absolute atomic E-state index is 13.1. The molecule has 2 N–H and O–H groups in total. The first-order valence-corrected chi connectivity index (χ1v) is 8.24. The SMILES string of the molecule is Cc1cc(F)ccc1NC(=O)c1sc(NC(=O)C2CC2)cc1C. The number of carbonyl (C=O) groups excluding carboxylic acids is 2. The number of halogens is 1. The Hall–Kier alpha value is -2.21. The molecule has 4 nitrogen and oxygen atoms in total. The van der Waals surface area contributed by atoms with Gasteiger partial charge in [0.05, 0.1) is 9.88 Å². The minimum Gasteiger partial charge on any atom is -0.321 e. The van der Waals surface area contributed by atoms with Crippen LogP contribution >= 0.6 is 11.3 Å². The molecule has 0 aliphatic heterocycles. The van der Waals surface area contributed by atoms with Gasteiger partial charge in [0.25, 0.3) is 5.91 Å². The molecule has 1 aromatic carbocycles. The number of rotatable bonds is 4. The van der Waals surface area contributed by atoms with Gasteiger partial charge in [-0.05, 0) is 62.1 Å². The van der Waals surface area contributed by atoms with Crippen LogP contribution in [0.3, 0.4) is 0 Å². The number of aryl methyl sites for hydroxylation is 2. The molecule has 0 unspecified atom stereocenters. The van der Waals surface area contributed by atoms with Crippen molar-refractivity contribution in [1.29, 1.82) is 0 Å². The summed E-state index contributed by atoms with van der Waals surface area (Å²) in [6.07, 6.45) is 1.88. The van der Waals surface area contributed by atoms with E-state index in [1.165, 1.54) is 23.5 Å². The first-order chi connectivity index (χ1) is 10.9. The van der Waals surface area contributed by atoms with Gasteiger partial charge in [-0.1, -0.05) is 0 Å². The second kappa shape index (κ2) is 6.12. The van der Waals surface area contributed by atoms with E-state index in [4.69, 9.17) is 0 Å². The van der Waals surface area contributed by atoms with Crippen molar-refractivity contribution in [2.45, 2.75) is 26.7 Å². The third-order valence-electron chi connectivity index (χ3n) is 3.76. The predicted octanol–water partition coefficient (Wildman–Crippen LogP) is 4.10. The lowest BCUT2D eigenvalue weighted by molar-refractivity contribution is -0.117. The van der Waals surface area contributed by atoms with Gasteiger partial charge in [-0.25, -0.2) is 4.39 Å². The van der Waals surface area contributed by atoms with Gasteiger partial charge in [-0.15, -0.1) is 11.3 Å². The average Bonchev–Trinajstić information content (AvgIpc) is 3.26. The van der Waals surface area contributed by atoms with E-state index in [0.717, 1.165) is 18.4 Å². The molecule has 1 aliphatic carbocycles. The zero-order chi connectivity index (χ0) is 16.6. The fourth-order valence-corrected chi connectivity index (χ4v) is 3.26. The lowest BCUT2D eigenvalue weighted by atomic mass is 10.2. The van der Waals surface area contributed by atoms with E-state index in [2.05, 4.69) is 10.6 Å². The molecule has 1 saturated carbocycles. The Morgan fingerprint density at radius 2 is 1.87 bits per heavy atom. The highest BCUT2D eigenvalue weighted by Gasteiger charge is 2.30. The van der Waals surface area contributed by atoms with Gasteiger partial charge < -0.3 is 10.6 Å². The quantitative estimate of drug-likeness (QED) is 0.885. The molecule has 23 heavy (non-hydrogen) atoms. The molecule has 2 aromatic rings. The second-order valence-corrected chi connectivity index (χ2v) is 6.85. The van der Waals surface area contributed by atoms with Crippen molar-refractivity contribution >= 4 is 33.8 Å². The zero-order valence-electron chi connectivity index (χ0n) is 12.9. The third kappa shape index (κ3) is 3.59. The number of hydrogen-bond donors (Lipinski definition) is 2. The van der Waals surface area contributed by atoms with Gasteiger partial charge >= 0.3 is 0 Å². The number of amides is 2. The molecular weight excluding hydrogens is 315 g/mol. The molecule has 3 rings (SSSR count). The Kier molecular flexibility index (Phi) is 4.17. The summed E-state index contributed by atoms with van der Waals surface area (Å²) in [7, 11) is 0. The highest BCUT2D eigenvalue weighted by molar-refractivity contribution is 7.18. The molecule has 120 valence electrons. The van der Waals surface area contributed by atoms with Crippen LogP contribution in [-0.2, 0) is 4.79 Å². The van der Waals surface area contributed by atoms with E-state index < -0.39 is 0 Å². The van der Waals surface area contributed by atoms with E-state index in [0.29, 0.717) is 21.1 Å². The first kappa shape index (κ1) is 15.7. The lowest BCUT2D eigenvalue weighted by Crippen LogP contribution is -2.12. The fourth-order valence-electron chi connectivity index (χ4n) is 2.28. The molecule has 2 amide bonds. The number of hydrogen-bond acceptors (Lipinski definition) is 3. The minimum absolute atomic E-state index is 0.0209. The van der Waals surface area contributed by atoms with Crippen molar-refractivity contribution in [3.8, 4) is 0 Å². The van der Waals surface area contributed by atoms with Gasteiger partial charge in [0.1, 0.15) is 5.82 Å². The molecule has 1 heterocycles. The lowest BCUT2D eigenvalue weighted by Gasteiger charge is -2.07. The molecular formula is C17H17FN2O2S. The van der Waals surface area contributed by atoms with Crippen LogP contribution in [0.25, 0.3) is 0 Å². The molecule has 0 bridgehead atoms. The number of thiophene rings is 1. The van der Waals surface area contributed by atoms with Crippen LogP contribution in [0.1, 0.15) is 33.6 Å². The van der Waals surface area contributed by atoms with Crippen molar-refractivity contribution in [2.75, 3.05) is 10.6 Å². The summed E-state index contributed by atoms with van der Waals surface area (Å²) in [6.45, 7) is 3.57. The summed E-state index contributed by atoms with van der Waals surface area (Å²) in [4.78, 5) is 24.7. The Bertz CT molecular complexity index is 781. The van der Waals surface area contributed by atoms with Gasteiger partial charge in [0, 0.05) is 11.6 Å². The number of carbonyl (C=O) groups is 2. The summed E-state index contributed by atoms with van der Waals surface area (Å²) in [5, 5.41) is 6.32. The molecule has 0 saturated heterocycles. The zero-order valence-corrected chi connectivity index (χ0v) is 13.7. The van der Waals surface area contributed by atoms with E-state index in [9.17, 15) is 14.0 Å². The second-order valence-electron chi connectivity index (χ2n) is 5.80. The van der Waals surface area contributed by atoms with Crippen molar-refractivity contribution in [1.82, 2.24) is 0 Å². The predicted molar refractivity (Wildman–Crippen MR) is 89.5 cm³/mol. The van der Waals surface area contributed by atoms with E-state index in [-0.39, 0.29) is 23.5 Å². The van der Waals surface area contributed by atoms with Gasteiger partial charge in [-0.3, -0.25) is 9.59 Å². The summed E-state index contributed by atoms with van der Waals surface area (Å²) >= 11 is 1.25. The average molecular weight is 332 g/mol. The van der Waals surface area contributed by atoms with Gasteiger partial charge in [0.2, 0.25) is 5.91 Å². The van der Waals surface area contributed by atoms with Crippen LogP contribution in [0.2, 0.25) is 0 Å². The topological polar surface area (TPSA) is 58.2 Å². The van der Waals surface area contributed by atoms with Crippen molar-refractivity contribution in [3.63, 3.8) is 0 Å². The smallest absolute Gasteiger partial charge is 0.266 e. The molecule has 1 fully saturated rings. The molecule has 0 radical (unpaired) electrons. The summed E-state index contributed by atoms with van der Waals surface area (Å²) in [5.74, 6) is -0.448. The van der Waals surface area contributed by atoms with Crippen LogP contribution in [0, 0.1) is 25.6 Å². The van der Waals surface area contributed by atoms with Crippen LogP contribution in [0.15, 0.2) is 24.3 Å².